The molecule has 1 saturated carbocycles. The Morgan fingerprint density at radius 3 is 2.68 bits per heavy atom. The number of halogens is 1. The SMILES string of the molecule is O=C(NCCO)C1=C[C@H](Oc2ccccc2I)[C@@H](O)[C@H](NC2CCCCC2)C1. The van der Waals surface area contributed by atoms with Crippen molar-refractivity contribution >= 4 is 28.5 Å². The lowest BCUT2D eigenvalue weighted by atomic mass is 9.87. The van der Waals surface area contributed by atoms with Crippen LogP contribution in [0, 0.1) is 3.57 Å². The number of aliphatic hydroxyl groups is 2. The smallest absolute Gasteiger partial charge is 0.247 e. The van der Waals surface area contributed by atoms with E-state index in [1.54, 1.807) is 6.08 Å². The summed E-state index contributed by atoms with van der Waals surface area (Å²) in [6, 6.07) is 7.76. The number of carbonyl (C=O) groups excluding carboxylic acids is 1. The molecule has 0 unspecified atom stereocenters. The molecule has 6 nitrogen and oxygen atoms in total. The minimum Gasteiger partial charge on any atom is -0.482 e. The molecule has 2 aliphatic carbocycles. The Morgan fingerprint density at radius 2 is 1.96 bits per heavy atom. The van der Waals surface area contributed by atoms with Crippen LogP contribution in [-0.2, 0) is 4.79 Å². The normalized spacial score (nSPS) is 25.8. The summed E-state index contributed by atoms with van der Waals surface area (Å²) >= 11 is 2.20. The fourth-order valence-corrected chi connectivity index (χ4v) is 4.44. The lowest BCUT2D eigenvalue weighted by molar-refractivity contribution is -0.118. The second kappa shape index (κ2) is 10.6. The van der Waals surface area contributed by atoms with Gasteiger partial charge in [0, 0.05) is 24.2 Å². The fourth-order valence-electron chi connectivity index (χ4n) is 3.92. The second-order valence-corrected chi connectivity index (χ2v) is 8.65. The summed E-state index contributed by atoms with van der Waals surface area (Å²) in [6.07, 6.45) is 6.67. The quantitative estimate of drug-likeness (QED) is 0.431. The van der Waals surface area contributed by atoms with Crippen LogP contribution < -0.4 is 15.4 Å². The number of benzene rings is 1. The van der Waals surface area contributed by atoms with Gasteiger partial charge >= 0.3 is 0 Å². The van der Waals surface area contributed by atoms with Crippen LogP contribution in [-0.4, -0.2) is 53.6 Å². The first-order valence-electron chi connectivity index (χ1n) is 10.0. The molecular weight excluding hydrogens is 471 g/mol. The van der Waals surface area contributed by atoms with Gasteiger partial charge in [-0.1, -0.05) is 31.4 Å². The molecule has 0 spiro atoms. The molecule has 3 atom stereocenters. The highest BCUT2D eigenvalue weighted by molar-refractivity contribution is 14.1. The molecule has 0 heterocycles. The molecule has 0 aromatic heterocycles. The molecule has 0 saturated heterocycles. The van der Waals surface area contributed by atoms with E-state index in [9.17, 15) is 9.90 Å². The third kappa shape index (κ3) is 5.68. The van der Waals surface area contributed by atoms with Gasteiger partial charge in [-0.25, -0.2) is 0 Å². The van der Waals surface area contributed by atoms with Crippen molar-refractivity contribution in [2.24, 2.45) is 0 Å². The van der Waals surface area contributed by atoms with E-state index in [1.165, 1.54) is 19.3 Å². The van der Waals surface area contributed by atoms with Gasteiger partial charge in [-0.3, -0.25) is 4.79 Å². The lowest BCUT2D eigenvalue weighted by Gasteiger charge is -2.37. The van der Waals surface area contributed by atoms with Crippen molar-refractivity contribution in [3.63, 3.8) is 0 Å². The van der Waals surface area contributed by atoms with Gasteiger partial charge in [-0.05, 0) is 60.1 Å². The van der Waals surface area contributed by atoms with E-state index < -0.39 is 12.2 Å². The number of hydrogen-bond acceptors (Lipinski definition) is 5. The van der Waals surface area contributed by atoms with Crippen LogP contribution in [0.2, 0.25) is 0 Å². The maximum atomic E-state index is 12.5. The number of ether oxygens (including phenoxy) is 1. The highest BCUT2D eigenvalue weighted by Crippen LogP contribution is 2.28. The number of carbonyl (C=O) groups is 1. The minimum atomic E-state index is -0.743. The molecule has 4 N–H and O–H groups in total. The first-order valence-corrected chi connectivity index (χ1v) is 11.1. The first kappa shape index (κ1) is 21.5. The van der Waals surface area contributed by atoms with Gasteiger partial charge in [0.15, 0.2) is 0 Å². The summed E-state index contributed by atoms with van der Waals surface area (Å²) in [7, 11) is 0. The topological polar surface area (TPSA) is 90.8 Å². The van der Waals surface area contributed by atoms with Crippen molar-refractivity contribution < 1.29 is 19.7 Å². The number of nitrogens with one attached hydrogen (secondary N) is 2. The van der Waals surface area contributed by atoms with E-state index in [4.69, 9.17) is 9.84 Å². The number of para-hydroxylation sites is 1. The van der Waals surface area contributed by atoms with Gasteiger partial charge in [0.1, 0.15) is 18.0 Å². The number of rotatable bonds is 7. The Bertz CT molecular complexity index is 691. The average Bonchev–Trinajstić information content (AvgIpc) is 2.71. The molecule has 0 radical (unpaired) electrons. The van der Waals surface area contributed by atoms with Gasteiger partial charge in [0.25, 0.3) is 0 Å². The molecule has 0 bridgehead atoms. The monoisotopic (exact) mass is 500 g/mol. The first-order chi connectivity index (χ1) is 13.6. The Kier molecular flexibility index (Phi) is 8.13. The van der Waals surface area contributed by atoms with Crippen LogP contribution in [0.1, 0.15) is 38.5 Å². The molecular formula is C21H29IN2O4. The van der Waals surface area contributed by atoms with Crippen LogP contribution >= 0.6 is 22.6 Å². The summed E-state index contributed by atoms with van der Waals surface area (Å²) in [5, 5.41) is 26.3. The van der Waals surface area contributed by atoms with Crippen molar-refractivity contribution in [2.75, 3.05) is 13.2 Å². The zero-order chi connectivity index (χ0) is 19.9. The maximum Gasteiger partial charge on any atom is 0.247 e. The predicted molar refractivity (Wildman–Crippen MR) is 116 cm³/mol. The van der Waals surface area contributed by atoms with Crippen molar-refractivity contribution in [3.8, 4) is 5.75 Å². The van der Waals surface area contributed by atoms with Crippen molar-refractivity contribution in [3.05, 3.63) is 39.5 Å². The fraction of sp³-hybridized carbons (Fsp3) is 0.571. The van der Waals surface area contributed by atoms with Gasteiger partial charge in [0.05, 0.1) is 10.2 Å². The molecule has 154 valence electrons. The van der Waals surface area contributed by atoms with Crippen molar-refractivity contribution in [2.45, 2.75) is 62.8 Å². The van der Waals surface area contributed by atoms with Crippen LogP contribution in [0.4, 0.5) is 0 Å². The highest BCUT2D eigenvalue weighted by atomic mass is 127. The Labute approximate surface area is 179 Å². The molecule has 2 aliphatic rings. The third-order valence-electron chi connectivity index (χ3n) is 5.40. The van der Waals surface area contributed by atoms with E-state index in [0.717, 1.165) is 16.4 Å². The Balaban J connectivity index is 1.77. The zero-order valence-corrected chi connectivity index (χ0v) is 18.1. The Hall–Kier alpha value is -1.16. The van der Waals surface area contributed by atoms with Crippen molar-refractivity contribution in [1.82, 2.24) is 10.6 Å². The van der Waals surface area contributed by atoms with Crippen LogP contribution in [0.5, 0.6) is 5.75 Å². The zero-order valence-electron chi connectivity index (χ0n) is 15.9. The standard InChI is InChI=1S/C21H29IN2O4/c22-16-8-4-5-9-18(16)28-19-13-14(21(27)23-10-11-25)12-17(20(19)26)24-15-6-2-1-3-7-15/h4-5,8-9,13,15,17,19-20,24-26H,1-3,6-7,10-12H2,(H,23,27)/t17-,19+,20+/m1/s1. The summed E-state index contributed by atoms with van der Waals surface area (Å²) < 4.78 is 7.05. The molecule has 1 aromatic rings. The van der Waals surface area contributed by atoms with E-state index >= 15 is 0 Å². The highest BCUT2D eigenvalue weighted by Gasteiger charge is 2.36. The number of aliphatic hydroxyl groups excluding tert-OH is 2. The van der Waals surface area contributed by atoms with Gasteiger partial charge in [0.2, 0.25) is 5.91 Å². The molecule has 28 heavy (non-hydrogen) atoms. The Morgan fingerprint density at radius 1 is 1.21 bits per heavy atom. The van der Waals surface area contributed by atoms with Gasteiger partial charge in [-0.15, -0.1) is 0 Å². The predicted octanol–water partition coefficient (Wildman–Crippen LogP) is 2.13. The molecule has 7 heteroatoms. The summed E-state index contributed by atoms with van der Waals surface area (Å²) in [4.78, 5) is 12.5. The van der Waals surface area contributed by atoms with Gasteiger partial charge < -0.3 is 25.6 Å². The minimum absolute atomic E-state index is 0.104. The molecule has 1 aromatic carbocycles. The van der Waals surface area contributed by atoms with E-state index in [2.05, 4.69) is 33.2 Å². The van der Waals surface area contributed by atoms with E-state index in [1.807, 2.05) is 24.3 Å². The summed E-state index contributed by atoms with van der Waals surface area (Å²) in [5.41, 5.74) is 0.586. The largest absolute Gasteiger partial charge is 0.482 e. The lowest BCUT2D eigenvalue weighted by Crippen LogP contribution is -2.54. The molecule has 0 aliphatic heterocycles. The van der Waals surface area contributed by atoms with Crippen LogP contribution in [0.3, 0.4) is 0 Å². The summed E-state index contributed by atoms with van der Waals surface area (Å²) in [5.74, 6) is 0.476. The second-order valence-electron chi connectivity index (χ2n) is 7.49. The number of amides is 1. The van der Waals surface area contributed by atoms with E-state index in [0.29, 0.717) is 23.8 Å². The third-order valence-corrected chi connectivity index (χ3v) is 6.29. The molecule has 3 rings (SSSR count). The van der Waals surface area contributed by atoms with Gasteiger partial charge in [-0.2, -0.15) is 0 Å². The molecule has 1 fully saturated rings. The summed E-state index contributed by atoms with van der Waals surface area (Å²) in [6.45, 7) is 0.106. The van der Waals surface area contributed by atoms with Crippen LogP contribution in [0.25, 0.3) is 0 Å². The number of hydrogen-bond donors (Lipinski definition) is 4. The van der Waals surface area contributed by atoms with Crippen molar-refractivity contribution in [1.29, 1.82) is 0 Å². The van der Waals surface area contributed by atoms with E-state index in [-0.39, 0.29) is 25.1 Å². The molecule has 1 amide bonds. The average molecular weight is 500 g/mol. The van der Waals surface area contributed by atoms with Crippen LogP contribution in [0.15, 0.2) is 35.9 Å². The maximum absolute atomic E-state index is 12.5.